The van der Waals surface area contributed by atoms with Crippen LogP contribution in [0.2, 0.25) is 0 Å². The Balaban J connectivity index is 1.46. The highest BCUT2D eigenvalue weighted by Gasteiger charge is 2.64. The maximum atomic E-state index is 11.2. The third kappa shape index (κ3) is 5.08. The highest BCUT2D eigenvalue weighted by atomic mass is 16.6. The molecule has 0 aromatic rings. The Morgan fingerprint density at radius 2 is 1.67 bits per heavy atom. The van der Waals surface area contributed by atoms with Crippen LogP contribution in [0.25, 0.3) is 0 Å². The molecule has 0 spiro atoms. The van der Waals surface area contributed by atoms with Gasteiger partial charge in [-0.05, 0) is 116 Å². The van der Waals surface area contributed by atoms with Crippen molar-refractivity contribution in [3.05, 3.63) is 12.2 Å². The number of hydrogen-bond acceptors (Lipinski definition) is 3. The van der Waals surface area contributed by atoms with Crippen molar-refractivity contribution in [2.75, 3.05) is 13.2 Å². The summed E-state index contributed by atoms with van der Waals surface area (Å²) < 4.78 is 11.8. The zero-order chi connectivity index (χ0) is 26.3. The molecule has 0 aromatic carbocycles. The van der Waals surface area contributed by atoms with Crippen molar-refractivity contribution < 1.29 is 14.3 Å². The van der Waals surface area contributed by atoms with Crippen LogP contribution in [-0.2, 0) is 14.3 Å². The van der Waals surface area contributed by atoms with Gasteiger partial charge in [0.15, 0.2) is 0 Å². The first-order valence-corrected chi connectivity index (χ1v) is 15.4. The number of ether oxygens (including phenoxy) is 2. The van der Waals surface area contributed by atoms with Crippen molar-refractivity contribution in [1.29, 1.82) is 0 Å². The van der Waals surface area contributed by atoms with Crippen molar-refractivity contribution in [3.8, 4) is 0 Å². The molecule has 4 saturated carbocycles. The van der Waals surface area contributed by atoms with Crippen molar-refractivity contribution in [1.82, 2.24) is 0 Å². The van der Waals surface area contributed by atoms with Crippen molar-refractivity contribution in [2.24, 2.45) is 52.3 Å². The van der Waals surface area contributed by atoms with E-state index >= 15 is 0 Å². The predicted octanol–water partition coefficient (Wildman–Crippen LogP) is 8.61. The van der Waals surface area contributed by atoms with E-state index in [1.165, 1.54) is 64.7 Å². The summed E-state index contributed by atoms with van der Waals surface area (Å²) in [5.41, 5.74) is 1.80. The summed E-state index contributed by atoms with van der Waals surface area (Å²) in [7, 11) is 0. The van der Waals surface area contributed by atoms with Crippen LogP contribution < -0.4 is 0 Å². The summed E-state index contributed by atoms with van der Waals surface area (Å²) in [5, 5.41) is 0. The molecule has 4 aliphatic carbocycles. The maximum absolute atomic E-state index is 11.2. The summed E-state index contributed by atoms with van der Waals surface area (Å²) in [6, 6.07) is 0. The molecular formula is C33H56O3. The Bertz CT molecular complexity index is 803. The normalized spacial score (nSPS) is 42.5. The van der Waals surface area contributed by atoms with Crippen LogP contribution in [0.5, 0.6) is 0 Å². The fourth-order valence-corrected chi connectivity index (χ4v) is 10.2. The lowest BCUT2D eigenvalue weighted by molar-refractivity contribution is -0.144. The molecule has 0 bridgehead atoms. The molecular weight excluding hydrogens is 444 g/mol. The second kappa shape index (κ2) is 10.7. The molecule has 3 heteroatoms. The standard InChI is InChI=1S/C33H56O3/c1-22(2)10-9-11-24(5)28-14-15-29-27-13-12-26-20-33(23(3)4,36-19-18-35-25(6)34)21-32(26,8)30(27)16-17-31(28,29)7/h22,24,26-30H,3,9-21H2,1-2,4-8H3/t24-,26+,27+,28-,29+,30+,31-,32+,33-/m1/s1. The minimum Gasteiger partial charge on any atom is -0.463 e. The quantitative estimate of drug-likeness (QED) is 0.171. The van der Waals surface area contributed by atoms with E-state index in [9.17, 15) is 4.79 Å². The molecule has 0 heterocycles. The number of carbonyl (C=O) groups is 1. The van der Waals surface area contributed by atoms with Crippen LogP contribution in [0, 0.1) is 52.3 Å². The Morgan fingerprint density at radius 3 is 2.33 bits per heavy atom. The second-order valence-corrected chi connectivity index (χ2v) is 14.5. The van der Waals surface area contributed by atoms with E-state index in [0.717, 1.165) is 59.8 Å². The first kappa shape index (κ1) is 28.2. The smallest absolute Gasteiger partial charge is 0.302 e. The van der Waals surface area contributed by atoms with Gasteiger partial charge in [0.25, 0.3) is 0 Å². The summed E-state index contributed by atoms with van der Waals surface area (Å²) in [5.74, 6) is 5.74. The molecule has 206 valence electrons. The minimum absolute atomic E-state index is 0.229. The lowest BCUT2D eigenvalue weighted by Gasteiger charge is -2.58. The van der Waals surface area contributed by atoms with Gasteiger partial charge in [0.2, 0.25) is 0 Å². The van der Waals surface area contributed by atoms with E-state index in [4.69, 9.17) is 9.47 Å². The van der Waals surface area contributed by atoms with Gasteiger partial charge in [0.1, 0.15) is 6.61 Å². The van der Waals surface area contributed by atoms with E-state index in [1.54, 1.807) is 0 Å². The summed E-state index contributed by atoms with van der Waals surface area (Å²) >= 11 is 0. The summed E-state index contributed by atoms with van der Waals surface area (Å²) in [4.78, 5) is 11.2. The average Bonchev–Trinajstić information content (AvgIpc) is 3.31. The van der Waals surface area contributed by atoms with Gasteiger partial charge in [0.05, 0.1) is 12.2 Å². The van der Waals surface area contributed by atoms with E-state index in [2.05, 4.69) is 48.1 Å². The molecule has 0 aromatic heterocycles. The monoisotopic (exact) mass is 500 g/mol. The highest BCUT2D eigenvalue weighted by Crippen LogP contribution is 2.70. The molecule has 4 fully saturated rings. The van der Waals surface area contributed by atoms with Crippen LogP contribution >= 0.6 is 0 Å². The molecule has 3 nitrogen and oxygen atoms in total. The van der Waals surface area contributed by atoms with Gasteiger partial charge in [-0.25, -0.2) is 0 Å². The van der Waals surface area contributed by atoms with Crippen LogP contribution in [0.3, 0.4) is 0 Å². The lowest BCUT2D eigenvalue weighted by atomic mass is 9.47. The molecule has 0 N–H and O–H groups in total. The molecule has 4 aliphatic rings. The third-order valence-corrected chi connectivity index (χ3v) is 12.1. The molecule has 0 radical (unpaired) electrons. The Labute approximate surface area is 222 Å². The van der Waals surface area contributed by atoms with Gasteiger partial charge >= 0.3 is 5.97 Å². The molecule has 0 amide bonds. The van der Waals surface area contributed by atoms with Crippen molar-refractivity contribution >= 4 is 5.97 Å². The van der Waals surface area contributed by atoms with Crippen molar-refractivity contribution in [2.45, 2.75) is 125 Å². The zero-order valence-electron chi connectivity index (χ0n) is 24.7. The zero-order valence-corrected chi connectivity index (χ0v) is 24.7. The van der Waals surface area contributed by atoms with E-state index < -0.39 is 0 Å². The first-order valence-electron chi connectivity index (χ1n) is 15.4. The molecule has 0 unspecified atom stereocenters. The van der Waals surface area contributed by atoms with E-state index in [1.807, 2.05) is 0 Å². The lowest BCUT2D eigenvalue weighted by Crippen LogP contribution is -2.51. The minimum atomic E-state index is -0.252. The number of rotatable bonds is 10. The van der Waals surface area contributed by atoms with Crippen molar-refractivity contribution in [3.63, 3.8) is 0 Å². The van der Waals surface area contributed by atoms with E-state index in [-0.39, 0.29) is 11.6 Å². The first-order chi connectivity index (χ1) is 16.9. The largest absolute Gasteiger partial charge is 0.463 e. The Morgan fingerprint density at radius 1 is 0.944 bits per heavy atom. The number of fused-ring (bicyclic) bond motifs is 5. The van der Waals surface area contributed by atoms with Gasteiger partial charge in [0, 0.05) is 6.92 Å². The molecule has 0 aliphatic heterocycles. The SMILES string of the molecule is C=C(C)[C@@]1(OCCOC(C)=O)C[C@@H]2CC[C@@H]3[C@H](CC[C@]4(C)[C@@H]([C@H](C)CCCC(C)C)CC[C@@H]34)[C@@]2(C)C1. The van der Waals surface area contributed by atoms with Gasteiger partial charge in [-0.15, -0.1) is 0 Å². The fourth-order valence-electron chi connectivity index (χ4n) is 10.2. The van der Waals surface area contributed by atoms with Crippen LogP contribution in [0.1, 0.15) is 119 Å². The molecule has 9 atom stereocenters. The van der Waals surface area contributed by atoms with Crippen LogP contribution in [0.4, 0.5) is 0 Å². The topological polar surface area (TPSA) is 35.5 Å². The predicted molar refractivity (Wildman–Crippen MR) is 149 cm³/mol. The molecule has 4 rings (SSSR count). The van der Waals surface area contributed by atoms with E-state index in [0.29, 0.717) is 24.0 Å². The number of esters is 1. The van der Waals surface area contributed by atoms with Gasteiger partial charge < -0.3 is 9.47 Å². The number of hydrogen-bond donors (Lipinski definition) is 0. The fraction of sp³-hybridized carbons (Fsp3) is 0.909. The number of carbonyl (C=O) groups excluding carboxylic acids is 1. The van der Waals surface area contributed by atoms with Crippen LogP contribution in [0.15, 0.2) is 12.2 Å². The maximum Gasteiger partial charge on any atom is 0.302 e. The highest BCUT2D eigenvalue weighted by molar-refractivity contribution is 5.65. The average molecular weight is 501 g/mol. The van der Waals surface area contributed by atoms with Gasteiger partial charge in [-0.3, -0.25) is 4.79 Å². The Hall–Kier alpha value is -0.830. The van der Waals surface area contributed by atoms with Gasteiger partial charge in [-0.1, -0.05) is 60.5 Å². The Kier molecular flexibility index (Phi) is 8.41. The van der Waals surface area contributed by atoms with Gasteiger partial charge in [-0.2, -0.15) is 0 Å². The summed E-state index contributed by atoms with van der Waals surface area (Å²) in [6.07, 6.45) is 14.9. The molecule has 0 saturated heterocycles. The third-order valence-electron chi connectivity index (χ3n) is 12.1. The second-order valence-electron chi connectivity index (χ2n) is 14.5. The molecule has 36 heavy (non-hydrogen) atoms. The summed E-state index contributed by atoms with van der Waals surface area (Å²) in [6.45, 7) is 21.5. The van der Waals surface area contributed by atoms with Crippen LogP contribution in [-0.4, -0.2) is 24.8 Å².